The Labute approximate surface area is 236 Å². The third-order valence-corrected chi connectivity index (χ3v) is 9.11. The molecule has 1 fully saturated rings. The minimum Gasteiger partial charge on any atom is -0.490 e. The number of nitrogen functional groups attached to an aromatic ring is 1. The van der Waals surface area contributed by atoms with Crippen molar-refractivity contribution in [2.45, 2.75) is 30.6 Å². The lowest BCUT2D eigenvalue weighted by Crippen LogP contribution is -2.32. The average Bonchev–Trinajstić information content (AvgIpc) is 2.95. The quantitative estimate of drug-likeness (QED) is 0.244. The van der Waals surface area contributed by atoms with Gasteiger partial charge in [0.2, 0.25) is 16.0 Å². The van der Waals surface area contributed by atoms with Crippen LogP contribution in [0, 0.1) is 11.8 Å². The van der Waals surface area contributed by atoms with Gasteiger partial charge < -0.3 is 20.7 Å². The van der Waals surface area contributed by atoms with E-state index in [0.717, 1.165) is 54.9 Å². The predicted molar refractivity (Wildman–Crippen MR) is 161 cm³/mol. The number of hydrogen-bond acceptors (Lipinski definition) is 8. The molecular weight excluding hydrogens is 524 g/mol. The van der Waals surface area contributed by atoms with Gasteiger partial charge in [-0.1, -0.05) is 42.5 Å². The second-order valence-corrected chi connectivity index (χ2v) is 12.6. The van der Waals surface area contributed by atoms with Crippen LogP contribution in [0.5, 0.6) is 5.75 Å². The van der Waals surface area contributed by atoms with E-state index in [1.54, 1.807) is 12.1 Å². The van der Waals surface area contributed by atoms with Crippen LogP contribution in [0.2, 0.25) is 0 Å². The Morgan fingerprint density at radius 2 is 1.57 bits per heavy atom. The number of para-hydroxylation sites is 1. The molecule has 0 unspecified atom stereocenters. The molecule has 1 heterocycles. The summed E-state index contributed by atoms with van der Waals surface area (Å²) >= 11 is 0. The van der Waals surface area contributed by atoms with E-state index in [1.807, 2.05) is 62.6 Å². The fourth-order valence-corrected chi connectivity index (χ4v) is 6.64. The van der Waals surface area contributed by atoms with E-state index in [-0.39, 0.29) is 0 Å². The molecule has 0 aliphatic heterocycles. The molecule has 1 aromatic heterocycles. The summed E-state index contributed by atoms with van der Waals surface area (Å²) in [6.45, 7) is 2.55. The molecule has 5 rings (SSSR count). The Morgan fingerprint density at radius 3 is 2.35 bits per heavy atom. The number of hydrogen-bond donors (Lipinski definition) is 3. The number of sulfonamides is 1. The van der Waals surface area contributed by atoms with Gasteiger partial charge in [-0.15, -0.1) is 0 Å². The topological polar surface area (TPSA) is 122 Å². The molecule has 9 nitrogen and oxygen atoms in total. The maximum Gasteiger partial charge on any atom is 0.241 e. The number of rotatable bonds is 11. The molecular formula is C30H38N6O3S. The number of nitrogens with one attached hydrogen (secondary N) is 2. The molecule has 0 saturated heterocycles. The molecule has 0 amide bonds. The van der Waals surface area contributed by atoms with Crippen molar-refractivity contribution in [2.75, 3.05) is 51.4 Å². The summed E-state index contributed by atoms with van der Waals surface area (Å²) in [5, 5.41) is 5.82. The zero-order valence-electron chi connectivity index (χ0n) is 23.1. The van der Waals surface area contributed by atoms with Crippen molar-refractivity contribution in [1.82, 2.24) is 19.6 Å². The summed E-state index contributed by atoms with van der Waals surface area (Å²) in [6, 6.07) is 18.7. The first-order valence-corrected chi connectivity index (χ1v) is 15.3. The van der Waals surface area contributed by atoms with Crippen molar-refractivity contribution in [3.63, 3.8) is 0 Å². The highest BCUT2D eigenvalue weighted by molar-refractivity contribution is 7.89. The second kappa shape index (κ2) is 12.4. The maximum atomic E-state index is 13.1. The minimum atomic E-state index is -3.59. The van der Waals surface area contributed by atoms with Gasteiger partial charge in [0.1, 0.15) is 23.7 Å². The molecule has 0 radical (unpaired) electrons. The fraction of sp³-hybridized carbons (Fsp3) is 0.400. The molecule has 0 spiro atoms. The summed E-state index contributed by atoms with van der Waals surface area (Å²) in [4.78, 5) is 11.6. The summed E-state index contributed by atoms with van der Waals surface area (Å²) in [5.41, 5.74) is 6.97. The van der Waals surface area contributed by atoms with Crippen molar-refractivity contribution in [2.24, 2.45) is 11.8 Å². The molecule has 0 bridgehead atoms. The number of ether oxygens (including phenoxy) is 1. The lowest BCUT2D eigenvalue weighted by molar-refractivity contribution is 0.263. The Morgan fingerprint density at radius 1 is 0.900 bits per heavy atom. The van der Waals surface area contributed by atoms with Crippen LogP contribution < -0.4 is 20.5 Å². The van der Waals surface area contributed by atoms with Crippen LogP contribution in [-0.2, 0) is 10.0 Å². The van der Waals surface area contributed by atoms with Gasteiger partial charge in [0.05, 0.1) is 4.90 Å². The van der Waals surface area contributed by atoms with Gasteiger partial charge in [-0.25, -0.2) is 18.1 Å². The van der Waals surface area contributed by atoms with Gasteiger partial charge in [-0.05, 0) is 75.2 Å². The van der Waals surface area contributed by atoms with E-state index in [0.29, 0.717) is 52.9 Å². The Bertz CT molecular complexity index is 1560. The zero-order valence-corrected chi connectivity index (χ0v) is 24.0. The fourth-order valence-electron chi connectivity index (χ4n) is 5.29. The summed E-state index contributed by atoms with van der Waals surface area (Å²) in [7, 11) is 0.428. The van der Waals surface area contributed by atoms with Crippen molar-refractivity contribution >= 4 is 43.5 Å². The van der Waals surface area contributed by atoms with Crippen molar-refractivity contribution in [3.05, 3.63) is 60.7 Å². The van der Waals surface area contributed by atoms with Crippen LogP contribution in [0.15, 0.2) is 65.6 Å². The molecule has 40 heavy (non-hydrogen) atoms. The van der Waals surface area contributed by atoms with Gasteiger partial charge in [-0.2, -0.15) is 4.98 Å². The smallest absolute Gasteiger partial charge is 0.241 e. The Balaban J connectivity index is 1.14. The standard InChI is InChI=1S/C30H38N6O3S/c1-36(2)17-18-39-26-11-6-10-25-28(26)34-30(35-29(25)31)32-19-21-13-15-22(16-14-21)20-33-40(37,38)27-12-5-8-23-7-3-4-9-24(23)27/h3-12,21-22,33H,13-20H2,1-2H3,(H3,31,32,34,35). The van der Waals surface area contributed by atoms with E-state index in [2.05, 4.69) is 19.9 Å². The van der Waals surface area contributed by atoms with E-state index in [4.69, 9.17) is 15.5 Å². The van der Waals surface area contributed by atoms with Crippen LogP contribution in [0.1, 0.15) is 25.7 Å². The molecule has 4 N–H and O–H groups in total. The highest BCUT2D eigenvalue weighted by Gasteiger charge is 2.24. The predicted octanol–water partition coefficient (Wildman–Crippen LogP) is 4.50. The van der Waals surface area contributed by atoms with Gasteiger partial charge in [0, 0.05) is 30.4 Å². The summed E-state index contributed by atoms with van der Waals surface area (Å²) < 4.78 is 35.0. The van der Waals surface area contributed by atoms with Gasteiger partial charge in [-0.3, -0.25) is 0 Å². The van der Waals surface area contributed by atoms with Crippen LogP contribution in [0.25, 0.3) is 21.7 Å². The lowest BCUT2D eigenvalue weighted by atomic mass is 9.82. The van der Waals surface area contributed by atoms with Gasteiger partial charge >= 0.3 is 0 Å². The van der Waals surface area contributed by atoms with Crippen molar-refractivity contribution < 1.29 is 13.2 Å². The number of fused-ring (bicyclic) bond motifs is 2. The number of benzene rings is 3. The number of likely N-dealkylation sites (N-methyl/N-ethyl adjacent to an activating group) is 1. The largest absolute Gasteiger partial charge is 0.490 e. The summed E-state index contributed by atoms with van der Waals surface area (Å²) in [6.07, 6.45) is 3.95. The van der Waals surface area contributed by atoms with E-state index >= 15 is 0 Å². The molecule has 3 aromatic carbocycles. The van der Waals surface area contributed by atoms with Gasteiger partial charge in [0.15, 0.2) is 0 Å². The first-order valence-electron chi connectivity index (χ1n) is 13.9. The summed E-state index contributed by atoms with van der Waals surface area (Å²) in [5.74, 6) is 2.39. The minimum absolute atomic E-state index is 0.315. The van der Waals surface area contributed by atoms with E-state index in [9.17, 15) is 8.42 Å². The van der Waals surface area contributed by atoms with Crippen LogP contribution >= 0.6 is 0 Å². The maximum absolute atomic E-state index is 13.1. The number of nitrogens with zero attached hydrogens (tertiary/aromatic N) is 3. The second-order valence-electron chi connectivity index (χ2n) is 10.8. The first kappa shape index (κ1) is 28.1. The lowest BCUT2D eigenvalue weighted by Gasteiger charge is -2.28. The zero-order chi connectivity index (χ0) is 28.1. The Hall–Kier alpha value is -3.47. The van der Waals surface area contributed by atoms with E-state index in [1.165, 1.54) is 0 Å². The third-order valence-electron chi connectivity index (χ3n) is 7.63. The average molecular weight is 563 g/mol. The normalized spacial score (nSPS) is 17.9. The number of nitrogens with two attached hydrogens (primary N) is 1. The number of anilines is 2. The third kappa shape index (κ3) is 6.63. The highest BCUT2D eigenvalue weighted by Crippen LogP contribution is 2.31. The van der Waals surface area contributed by atoms with Crippen LogP contribution in [0.3, 0.4) is 0 Å². The highest BCUT2D eigenvalue weighted by atomic mass is 32.2. The molecule has 1 aliphatic carbocycles. The van der Waals surface area contributed by atoms with Crippen molar-refractivity contribution in [1.29, 1.82) is 0 Å². The molecule has 0 atom stereocenters. The molecule has 1 aliphatic rings. The molecule has 10 heteroatoms. The number of aromatic nitrogens is 2. The molecule has 1 saturated carbocycles. The van der Waals surface area contributed by atoms with Crippen LogP contribution in [-0.4, -0.2) is 63.6 Å². The van der Waals surface area contributed by atoms with Gasteiger partial charge in [0.25, 0.3) is 0 Å². The molecule has 4 aromatic rings. The van der Waals surface area contributed by atoms with Crippen LogP contribution in [0.4, 0.5) is 11.8 Å². The molecule has 212 valence electrons. The van der Waals surface area contributed by atoms with E-state index < -0.39 is 10.0 Å². The Kier molecular flexibility index (Phi) is 8.68. The van der Waals surface area contributed by atoms with Crippen molar-refractivity contribution in [3.8, 4) is 5.75 Å². The first-order chi connectivity index (χ1) is 19.3. The SMILES string of the molecule is CN(C)CCOc1cccc2c(N)nc(NCC3CCC(CNS(=O)(=O)c4cccc5ccccc45)CC3)nc12. The monoisotopic (exact) mass is 562 g/mol.